The van der Waals surface area contributed by atoms with Crippen molar-refractivity contribution in [1.82, 2.24) is 0 Å². The standard InChI is InChI=1S/C6H5NO3/c8-6-4-2-1-3-5(6)7-10-9/h1-4,9H/b7-5-. The van der Waals surface area contributed by atoms with Crippen LogP contribution in [0.15, 0.2) is 29.5 Å². The van der Waals surface area contributed by atoms with Crippen LogP contribution in [0.5, 0.6) is 0 Å². The average molecular weight is 139 g/mol. The van der Waals surface area contributed by atoms with Gasteiger partial charge in [-0.05, 0) is 17.3 Å². The van der Waals surface area contributed by atoms with Crippen LogP contribution in [0.4, 0.5) is 0 Å². The molecule has 1 rings (SSSR count). The van der Waals surface area contributed by atoms with E-state index in [0.29, 0.717) is 0 Å². The van der Waals surface area contributed by atoms with Crippen LogP contribution in [-0.4, -0.2) is 16.8 Å². The molecule has 0 aromatic rings. The summed E-state index contributed by atoms with van der Waals surface area (Å²) in [6.07, 6.45) is 5.98. The van der Waals surface area contributed by atoms with Crippen molar-refractivity contribution in [3.63, 3.8) is 0 Å². The van der Waals surface area contributed by atoms with E-state index >= 15 is 0 Å². The Bertz CT molecular complexity index is 227. The Morgan fingerprint density at radius 1 is 1.40 bits per heavy atom. The lowest BCUT2D eigenvalue weighted by atomic mass is 10.1. The fourth-order valence-corrected chi connectivity index (χ4v) is 0.577. The highest BCUT2D eigenvalue weighted by molar-refractivity contribution is 6.48. The van der Waals surface area contributed by atoms with Crippen LogP contribution in [0, 0.1) is 0 Å². The summed E-state index contributed by atoms with van der Waals surface area (Å²) in [6.45, 7) is 0. The minimum absolute atomic E-state index is 0.0880. The van der Waals surface area contributed by atoms with Crippen LogP contribution in [-0.2, 0) is 9.78 Å². The summed E-state index contributed by atoms with van der Waals surface area (Å²) in [6, 6.07) is 0. The summed E-state index contributed by atoms with van der Waals surface area (Å²) in [5.74, 6) is -0.281. The topological polar surface area (TPSA) is 58.9 Å². The molecule has 0 aromatic heterocycles. The number of carbonyl (C=O) groups is 1. The van der Waals surface area contributed by atoms with Crippen molar-refractivity contribution in [1.29, 1.82) is 0 Å². The maximum atomic E-state index is 10.7. The molecule has 10 heavy (non-hydrogen) atoms. The van der Waals surface area contributed by atoms with Gasteiger partial charge in [0.25, 0.3) is 0 Å². The zero-order chi connectivity index (χ0) is 7.40. The predicted molar refractivity (Wildman–Crippen MR) is 34.4 cm³/mol. The fraction of sp³-hybridized carbons (Fsp3) is 0. The third-order valence-corrected chi connectivity index (χ3v) is 1.00. The molecule has 1 N–H and O–H groups in total. The Balaban J connectivity index is 2.80. The van der Waals surface area contributed by atoms with Gasteiger partial charge in [0.05, 0.1) is 0 Å². The molecule has 0 radical (unpaired) electrons. The molecule has 0 aliphatic heterocycles. The van der Waals surface area contributed by atoms with E-state index in [4.69, 9.17) is 5.26 Å². The van der Waals surface area contributed by atoms with Crippen molar-refractivity contribution in [2.45, 2.75) is 0 Å². The second-order valence-corrected chi connectivity index (χ2v) is 1.64. The maximum absolute atomic E-state index is 10.7. The highest BCUT2D eigenvalue weighted by Crippen LogP contribution is 1.95. The molecule has 0 saturated heterocycles. The summed E-state index contributed by atoms with van der Waals surface area (Å²) in [4.78, 5) is 14.2. The van der Waals surface area contributed by atoms with Crippen molar-refractivity contribution in [2.75, 3.05) is 0 Å². The summed E-state index contributed by atoms with van der Waals surface area (Å²) < 4.78 is 0. The molecule has 0 aromatic carbocycles. The van der Waals surface area contributed by atoms with Gasteiger partial charge in [-0.3, -0.25) is 4.79 Å². The quantitative estimate of drug-likeness (QED) is 0.327. The van der Waals surface area contributed by atoms with Gasteiger partial charge in [-0.1, -0.05) is 12.2 Å². The zero-order valence-corrected chi connectivity index (χ0v) is 5.02. The number of allylic oxidation sites excluding steroid dienone is 4. The fourth-order valence-electron chi connectivity index (χ4n) is 0.577. The maximum Gasteiger partial charge on any atom is 0.207 e. The van der Waals surface area contributed by atoms with Gasteiger partial charge >= 0.3 is 0 Å². The minimum atomic E-state index is -0.281. The van der Waals surface area contributed by atoms with Gasteiger partial charge in [-0.15, -0.1) is 0 Å². The Labute approximate surface area is 57.0 Å². The summed E-state index contributed by atoms with van der Waals surface area (Å²) in [7, 11) is 0. The molecule has 4 heteroatoms. The number of hydrogen-bond acceptors (Lipinski definition) is 4. The molecular formula is C6H5NO3. The molecule has 0 saturated carbocycles. The van der Waals surface area contributed by atoms with E-state index in [9.17, 15) is 4.79 Å². The number of hydrogen-bond donors (Lipinski definition) is 1. The van der Waals surface area contributed by atoms with Crippen LogP contribution in [0.25, 0.3) is 0 Å². The molecule has 1 aliphatic rings. The van der Waals surface area contributed by atoms with E-state index in [1.54, 1.807) is 12.2 Å². The second-order valence-electron chi connectivity index (χ2n) is 1.64. The first kappa shape index (κ1) is 6.70. The van der Waals surface area contributed by atoms with Gasteiger partial charge in [0.15, 0.2) is 5.71 Å². The molecule has 0 bridgehead atoms. The molecule has 0 heterocycles. The van der Waals surface area contributed by atoms with Gasteiger partial charge in [-0.2, -0.15) is 5.26 Å². The summed E-state index contributed by atoms with van der Waals surface area (Å²) >= 11 is 0. The lowest BCUT2D eigenvalue weighted by Gasteiger charge is -1.95. The highest BCUT2D eigenvalue weighted by atomic mass is 17.2. The van der Waals surface area contributed by atoms with Crippen LogP contribution < -0.4 is 0 Å². The third kappa shape index (κ3) is 1.29. The highest BCUT2D eigenvalue weighted by Gasteiger charge is 2.06. The lowest BCUT2D eigenvalue weighted by molar-refractivity contribution is -0.242. The van der Waals surface area contributed by atoms with Gasteiger partial charge in [-0.25, -0.2) is 4.99 Å². The van der Waals surface area contributed by atoms with Gasteiger partial charge in [0.1, 0.15) is 0 Å². The molecule has 4 nitrogen and oxygen atoms in total. The van der Waals surface area contributed by atoms with E-state index in [-0.39, 0.29) is 11.5 Å². The molecule has 1 aliphatic carbocycles. The zero-order valence-electron chi connectivity index (χ0n) is 5.02. The molecule has 0 amide bonds. The van der Waals surface area contributed by atoms with E-state index in [2.05, 4.69) is 10.1 Å². The van der Waals surface area contributed by atoms with Crippen LogP contribution >= 0.6 is 0 Å². The lowest BCUT2D eigenvalue weighted by Crippen LogP contribution is -2.10. The minimum Gasteiger partial charge on any atom is -0.287 e. The SMILES string of the molecule is O=C1C=CC=C/C1=N/OO. The first-order chi connectivity index (χ1) is 4.84. The Hall–Kier alpha value is -1.42. The van der Waals surface area contributed by atoms with Crippen molar-refractivity contribution in [3.05, 3.63) is 24.3 Å². The average Bonchev–Trinajstić information content (AvgIpc) is 1.94. The van der Waals surface area contributed by atoms with Crippen LogP contribution in [0.3, 0.4) is 0 Å². The Kier molecular flexibility index (Phi) is 1.96. The second kappa shape index (κ2) is 2.93. The van der Waals surface area contributed by atoms with E-state index < -0.39 is 0 Å². The predicted octanol–water partition coefficient (Wildman–Crippen LogP) is 0.527. The van der Waals surface area contributed by atoms with Crippen molar-refractivity contribution in [2.24, 2.45) is 5.16 Å². The third-order valence-electron chi connectivity index (χ3n) is 1.00. The first-order valence-electron chi connectivity index (χ1n) is 2.62. The van der Waals surface area contributed by atoms with Gasteiger partial charge < -0.3 is 0 Å². The van der Waals surface area contributed by atoms with Gasteiger partial charge in [0, 0.05) is 0 Å². The normalized spacial score (nSPS) is 20.1. The van der Waals surface area contributed by atoms with E-state index in [0.717, 1.165) is 0 Å². The number of nitrogens with zero attached hydrogens (tertiary/aromatic N) is 1. The number of ketones is 1. The van der Waals surface area contributed by atoms with Crippen molar-refractivity contribution in [3.8, 4) is 0 Å². The smallest absolute Gasteiger partial charge is 0.207 e. The molecule has 0 spiro atoms. The molecule has 0 fully saturated rings. The molecule has 0 atom stereocenters. The van der Waals surface area contributed by atoms with Gasteiger partial charge in [0.2, 0.25) is 5.78 Å². The monoisotopic (exact) mass is 139 g/mol. The Morgan fingerprint density at radius 3 is 2.70 bits per heavy atom. The Morgan fingerprint density at radius 2 is 2.10 bits per heavy atom. The number of oxime groups is 1. The molecular weight excluding hydrogens is 134 g/mol. The van der Waals surface area contributed by atoms with E-state index in [1.807, 2.05) is 0 Å². The summed E-state index contributed by atoms with van der Waals surface area (Å²) in [5, 5.41) is 10.9. The molecule has 52 valence electrons. The number of carbonyl (C=O) groups excluding carboxylic acids is 1. The summed E-state index contributed by atoms with van der Waals surface area (Å²) in [5.41, 5.74) is 0.0880. The largest absolute Gasteiger partial charge is 0.287 e. The van der Waals surface area contributed by atoms with Crippen molar-refractivity contribution < 1.29 is 15.0 Å². The van der Waals surface area contributed by atoms with Crippen molar-refractivity contribution >= 4 is 11.5 Å². The van der Waals surface area contributed by atoms with Crippen LogP contribution in [0.1, 0.15) is 0 Å². The molecule has 0 unspecified atom stereocenters. The van der Waals surface area contributed by atoms with E-state index in [1.165, 1.54) is 12.2 Å². The first-order valence-corrected chi connectivity index (χ1v) is 2.62. The number of rotatable bonds is 1. The van der Waals surface area contributed by atoms with Crippen LogP contribution in [0.2, 0.25) is 0 Å².